The normalized spacial score (nSPS) is 24.2. The van der Waals surface area contributed by atoms with Crippen LogP contribution in [0.5, 0.6) is 0 Å². The van der Waals surface area contributed by atoms with Crippen molar-refractivity contribution >= 4 is 29.7 Å². The van der Waals surface area contributed by atoms with Crippen LogP contribution >= 0.6 is 23.7 Å². The lowest BCUT2D eigenvalue weighted by molar-refractivity contribution is -0.137. The van der Waals surface area contributed by atoms with Gasteiger partial charge in [0.25, 0.3) is 0 Å². The van der Waals surface area contributed by atoms with Crippen LogP contribution in [0.25, 0.3) is 0 Å². The number of halogens is 1. The number of hydrogen-bond acceptors (Lipinski definition) is 3. The monoisotopic (exact) mass is 300 g/mol. The summed E-state index contributed by atoms with van der Waals surface area (Å²) in [7, 11) is 0. The van der Waals surface area contributed by atoms with E-state index in [2.05, 4.69) is 27.0 Å². The van der Waals surface area contributed by atoms with E-state index in [1.54, 1.807) is 11.3 Å². The number of amides is 1. The maximum atomic E-state index is 12.6. The second-order valence-corrected chi connectivity index (χ2v) is 6.05. The molecule has 2 fully saturated rings. The van der Waals surface area contributed by atoms with Crippen LogP contribution in [-0.2, 0) is 4.79 Å². The zero-order chi connectivity index (χ0) is 12.4. The minimum absolute atomic E-state index is 0. The Morgan fingerprint density at radius 2 is 2.11 bits per heavy atom. The Hall–Kier alpha value is -0.580. The highest BCUT2D eigenvalue weighted by Gasteiger charge is 2.34. The van der Waals surface area contributed by atoms with E-state index in [1.807, 2.05) is 0 Å². The van der Waals surface area contributed by atoms with Gasteiger partial charge in [-0.15, -0.1) is 12.4 Å². The van der Waals surface area contributed by atoms with E-state index in [4.69, 9.17) is 0 Å². The van der Waals surface area contributed by atoms with E-state index in [9.17, 15) is 4.79 Å². The van der Waals surface area contributed by atoms with E-state index in [1.165, 1.54) is 5.56 Å². The molecule has 3 heterocycles. The van der Waals surface area contributed by atoms with Crippen LogP contribution in [0, 0.1) is 5.92 Å². The third-order valence-corrected chi connectivity index (χ3v) is 4.85. The molecule has 0 radical (unpaired) electrons. The Bertz CT molecular complexity index is 404. The molecule has 2 aliphatic rings. The summed E-state index contributed by atoms with van der Waals surface area (Å²) in [5, 5.41) is 7.63. The number of rotatable bonds is 2. The molecule has 0 aliphatic carbocycles. The van der Waals surface area contributed by atoms with Crippen molar-refractivity contribution in [2.75, 3.05) is 19.6 Å². The van der Waals surface area contributed by atoms with Crippen molar-refractivity contribution in [3.8, 4) is 0 Å². The van der Waals surface area contributed by atoms with Gasteiger partial charge in [0.05, 0.1) is 6.04 Å². The average molecular weight is 301 g/mol. The molecule has 5 heteroatoms. The summed E-state index contributed by atoms with van der Waals surface area (Å²) in [6.45, 7) is 2.93. The maximum absolute atomic E-state index is 12.6. The molecule has 1 atom stereocenters. The lowest BCUT2D eigenvalue weighted by atomic mass is 9.96. The molecule has 2 aliphatic heterocycles. The average Bonchev–Trinajstić information content (AvgIpc) is 3.09. The molecule has 1 N–H and O–H groups in total. The van der Waals surface area contributed by atoms with Gasteiger partial charge in [-0.3, -0.25) is 4.79 Å². The van der Waals surface area contributed by atoms with Gasteiger partial charge in [-0.1, -0.05) is 0 Å². The first kappa shape index (κ1) is 14.8. The van der Waals surface area contributed by atoms with Crippen LogP contribution in [-0.4, -0.2) is 30.4 Å². The molecule has 19 heavy (non-hydrogen) atoms. The van der Waals surface area contributed by atoms with E-state index in [0.29, 0.717) is 11.9 Å². The van der Waals surface area contributed by atoms with Crippen LogP contribution in [0.15, 0.2) is 16.8 Å². The van der Waals surface area contributed by atoms with Crippen LogP contribution < -0.4 is 5.32 Å². The Morgan fingerprint density at radius 3 is 2.79 bits per heavy atom. The van der Waals surface area contributed by atoms with Crippen LogP contribution in [0.2, 0.25) is 0 Å². The smallest absolute Gasteiger partial charge is 0.226 e. The number of likely N-dealkylation sites (tertiary alicyclic amines) is 1. The molecule has 3 rings (SSSR count). The number of nitrogens with one attached hydrogen (secondary N) is 1. The predicted octanol–water partition coefficient (Wildman–Crippen LogP) is 2.83. The quantitative estimate of drug-likeness (QED) is 0.911. The van der Waals surface area contributed by atoms with Gasteiger partial charge in [-0.2, -0.15) is 11.3 Å². The van der Waals surface area contributed by atoms with Gasteiger partial charge in [0.2, 0.25) is 5.91 Å². The molecule has 0 bridgehead atoms. The summed E-state index contributed by atoms with van der Waals surface area (Å²) in [6.07, 6.45) is 4.29. The van der Waals surface area contributed by atoms with Crippen molar-refractivity contribution in [3.05, 3.63) is 22.4 Å². The molecular formula is C14H21ClN2OS. The van der Waals surface area contributed by atoms with Gasteiger partial charge >= 0.3 is 0 Å². The molecular weight excluding hydrogens is 280 g/mol. The molecule has 0 aromatic carbocycles. The van der Waals surface area contributed by atoms with Crippen molar-refractivity contribution in [2.24, 2.45) is 5.92 Å². The number of piperidine rings is 1. The summed E-state index contributed by atoms with van der Waals surface area (Å²) in [5.74, 6) is 0.649. The molecule has 106 valence electrons. The van der Waals surface area contributed by atoms with Crippen molar-refractivity contribution in [1.82, 2.24) is 10.2 Å². The van der Waals surface area contributed by atoms with Gasteiger partial charge < -0.3 is 10.2 Å². The van der Waals surface area contributed by atoms with Crippen LogP contribution in [0.3, 0.4) is 0 Å². The first-order valence-electron chi connectivity index (χ1n) is 6.89. The zero-order valence-corrected chi connectivity index (χ0v) is 12.6. The zero-order valence-electron chi connectivity index (χ0n) is 11.0. The number of hydrogen-bond donors (Lipinski definition) is 1. The fraction of sp³-hybridized carbons (Fsp3) is 0.643. The highest BCUT2D eigenvalue weighted by molar-refractivity contribution is 7.07. The minimum atomic E-state index is 0. The molecule has 2 saturated heterocycles. The third kappa shape index (κ3) is 3.12. The number of carbonyl (C=O) groups is 1. The molecule has 1 aromatic rings. The fourth-order valence-electron chi connectivity index (χ4n) is 3.15. The van der Waals surface area contributed by atoms with Gasteiger partial charge in [0.1, 0.15) is 0 Å². The van der Waals surface area contributed by atoms with Crippen molar-refractivity contribution in [3.63, 3.8) is 0 Å². The van der Waals surface area contributed by atoms with Crippen molar-refractivity contribution in [2.45, 2.75) is 31.7 Å². The van der Waals surface area contributed by atoms with E-state index < -0.39 is 0 Å². The van der Waals surface area contributed by atoms with Gasteiger partial charge in [0.15, 0.2) is 0 Å². The van der Waals surface area contributed by atoms with Crippen molar-refractivity contribution in [1.29, 1.82) is 0 Å². The van der Waals surface area contributed by atoms with Gasteiger partial charge in [-0.05, 0) is 61.2 Å². The van der Waals surface area contributed by atoms with Gasteiger partial charge in [-0.25, -0.2) is 0 Å². The van der Waals surface area contributed by atoms with Crippen LogP contribution in [0.4, 0.5) is 0 Å². The summed E-state index contributed by atoms with van der Waals surface area (Å²) in [6, 6.07) is 2.52. The Kier molecular flexibility index (Phi) is 5.25. The van der Waals surface area contributed by atoms with E-state index in [0.717, 1.165) is 45.3 Å². The van der Waals surface area contributed by atoms with Gasteiger partial charge in [0, 0.05) is 12.5 Å². The second kappa shape index (κ2) is 6.73. The molecule has 3 nitrogen and oxygen atoms in total. The number of carbonyl (C=O) groups excluding carboxylic acids is 1. The molecule has 0 saturated carbocycles. The highest BCUT2D eigenvalue weighted by atomic mass is 35.5. The van der Waals surface area contributed by atoms with Crippen molar-refractivity contribution < 1.29 is 4.79 Å². The number of thiophene rings is 1. The van der Waals surface area contributed by atoms with E-state index in [-0.39, 0.29) is 18.3 Å². The summed E-state index contributed by atoms with van der Waals surface area (Å²) in [5.41, 5.74) is 1.33. The first-order valence-corrected chi connectivity index (χ1v) is 7.84. The fourth-order valence-corrected chi connectivity index (χ4v) is 3.85. The largest absolute Gasteiger partial charge is 0.335 e. The lowest BCUT2D eigenvalue weighted by Gasteiger charge is -2.30. The number of nitrogens with zero attached hydrogens (tertiary/aromatic N) is 1. The molecule has 1 unspecified atom stereocenters. The summed E-state index contributed by atoms with van der Waals surface area (Å²) in [4.78, 5) is 14.7. The molecule has 1 aromatic heterocycles. The highest BCUT2D eigenvalue weighted by Crippen LogP contribution is 2.35. The standard InChI is InChI=1S/C14H20N2OS.ClH/c17-14(11-3-6-15-7-4-11)16-8-1-2-13(16)12-5-9-18-10-12;/h5,9-11,13,15H,1-4,6-8H2;1H. The lowest BCUT2D eigenvalue weighted by Crippen LogP contribution is -2.40. The summed E-state index contributed by atoms with van der Waals surface area (Å²) >= 11 is 1.73. The first-order chi connectivity index (χ1) is 8.86. The maximum Gasteiger partial charge on any atom is 0.226 e. The third-order valence-electron chi connectivity index (χ3n) is 4.15. The Balaban J connectivity index is 0.00000133. The predicted molar refractivity (Wildman–Crippen MR) is 80.8 cm³/mol. The Labute approximate surface area is 124 Å². The Morgan fingerprint density at radius 1 is 1.32 bits per heavy atom. The molecule has 1 amide bonds. The SMILES string of the molecule is Cl.O=C(C1CCNCC1)N1CCCC1c1ccsc1. The topological polar surface area (TPSA) is 32.3 Å². The van der Waals surface area contributed by atoms with E-state index >= 15 is 0 Å². The second-order valence-electron chi connectivity index (χ2n) is 5.27. The minimum Gasteiger partial charge on any atom is -0.335 e. The summed E-state index contributed by atoms with van der Waals surface area (Å²) < 4.78 is 0. The van der Waals surface area contributed by atoms with Crippen LogP contribution in [0.1, 0.15) is 37.3 Å². The molecule has 0 spiro atoms.